The molecule has 1 aliphatic heterocycles. The quantitative estimate of drug-likeness (QED) is 0.820. The van der Waals surface area contributed by atoms with Crippen LogP contribution in [0.5, 0.6) is 0 Å². The van der Waals surface area contributed by atoms with Gasteiger partial charge in [0.2, 0.25) is 0 Å². The number of cyclic esters (lactones) is 1. The fourth-order valence-corrected chi connectivity index (χ4v) is 2.56. The number of alkyl carbamates (subject to hydrolysis) is 1. The predicted octanol–water partition coefficient (Wildman–Crippen LogP) is 3.03. The van der Waals surface area contributed by atoms with E-state index in [1.165, 1.54) is 0 Å². The highest BCUT2D eigenvalue weighted by atomic mass is 16.6. The van der Waals surface area contributed by atoms with Gasteiger partial charge in [-0.3, -0.25) is 4.79 Å². The Bertz CT molecular complexity index is 501. The van der Waals surface area contributed by atoms with E-state index in [0.29, 0.717) is 18.8 Å². The number of hydrogen-bond donors (Lipinski definition) is 1. The average Bonchev–Trinajstić information content (AvgIpc) is 2.92. The van der Waals surface area contributed by atoms with Crippen LogP contribution >= 0.6 is 0 Å². The molecule has 1 aromatic rings. The molecule has 1 aromatic carbocycles. The highest BCUT2D eigenvalue weighted by Gasteiger charge is 2.32. The summed E-state index contributed by atoms with van der Waals surface area (Å²) in [7, 11) is 0. The van der Waals surface area contributed by atoms with Crippen LogP contribution in [0, 0.1) is 5.92 Å². The highest BCUT2D eigenvalue weighted by molar-refractivity contribution is 5.72. The number of esters is 1. The average molecular weight is 305 g/mol. The molecular formula is C17H23NO4. The first-order valence-corrected chi connectivity index (χ1v) is 7.71. The van der Waals surface area contributed by atoms with Gasteiger partial charge in [0.25, 0.3) is 0 Å². The van der Waals surface area contributed by atoms with Gasteiger partial charge in [-0.15, -0.1) is 0 Å². The third kappa shape index (κ3) is 5.06. The lowest BCUT2D eigenvalue weighted by Crippen LogP contribution is -2.44. The minimum Gasteiger partial charge on any atom is -0.460 e. The third-order valence-electron chi connectivity index (χ3n) is 3.61. The Hall–Kier alpha value is -2.04. The summed E-state index contributed by atoms with van der Waals surface area (Å²) in [5.74, 6) is 0.192. The number of carbonyl (C=O) groups excluding carboxylic acids is 2. The van der Waals surface area contributed by atoms with Gasteiger partial charge >= 0.3 is 12.1 Å². The molecule has 0 spiro atoms. The van der Waals surface area contributed by atoms with Crippen molar-refractivity contribution in [1.82, 2.24) is 5.32 Å². The molecule has 22 heavy (non-hydrogen) atoms. The number of carbonyl (C=O) groups is 2. The molecule has 2 rings (SSSR count). The van der Waals surface area contributed by atoms with Gasteiger partial charge in [-0.1, -0.05) is 44.2 Å². The first-order valence-electron chi connectivity index (χ1n) is 7.71. The summed E-state index contributed by atoms with van der Waals surface area (Å²) < 4.78 is 10.5. The summed E-state index contributed by atoms with van der Waals surface area (Å²) in [6, 6.07) is 9.31. The van der Waals surface area contributed by atoms with Crippen molar-refractivity contribution in [2.24, 2.45) is 5.92 Å². The van der Waals surface area contributed by atoms with E-state index in [2.05, 4.69) is 19.2 Å². The topological polar surface area (TPSA) is 64.6 Å². The fourth-order valence-electron chi connectivity index (χ4n) is 2.56. The summed E-state index contributed by atoms with van der Waals surface area (Å²) in [4.78, 5) is 23.2. The molecule has 0 radical (unpaired) electrons. The van der Waals surface area contributed by atoms with E-state index >= 15 is 0 Å². The van der Waals surface area contributed by atoms with Crippen LogP contribution in [0.4, 0.5) is 4.79 Å². The van der Waals surface area contributed by atoms with E-state index in [1.54, 1.807) is 0 Å². The zero-order chi connectivity index (χ0) is 15.9. The standard InChI is InChI=1S/C17H23NO4/c1-12(2)10-14(15-8-9-16(19)22-15)18-17(20)21-11-13-6-4-3-5-7-13/h3-7,12,14-15H,8-11H2,1-2H3,(H,18,20)/t14-,15-/m0/s1. The van der Waals surface area contributed by atoms with Gasteiger partial charge in [0.05, 0.1) is 6.04 Å². The molecule has 5 heteroatoms. The Kier molecular flexibility index (Phi) is 5.81. The van der Waals surface area contributed by atoms with Gasteiger partial charge in [0.1, 0.15) is 12.7 Å². The Morgan fingerprint density at radius 1 is 1.36 bits per heavy atom. The number of amides is 1. The normalized spacial score (nSPS) is 18.9. The van der Waals surface area contributed by atoms with Crippen LogP contribution in [0.1, 0.15) is 38.7 Å². The monoisotopic (exact) mass is 305 g/mol. The second-order valence-electron chi connectivity index (χ2n) is 6.01. The molecule has 1 amide bonds. The van der Waals surface area contributed by atoms with E-state index in [0.717, 1.165) is 12.0 Å². The summed E-state index contributed by atoms with van der Waals surface area (Å²) in [6.45, 7) is 4.37. The number of hydrogen-bond acceptors (Lipinski definition) is 4. The molecule has 0 aliphatic carbocycles. The zero-order valence-corrected chi connectivity index (χ0v) is 13.1. The van der Waals surface area contributed by atoms with Crippen molar-refractivity contribution in [3.8, 4) is 0 Å². The van der Waals surface area contributed by atoms with E-state index in [9.17, 15) is 9.59 Å². The van der Waals surface area contributed by atoms with Crippen LogP contribution in [0.3, 0.4) is 0 Å². The fraction of sp³-hybridized carbons (Fsp3) is 0.529. The van der Waals surface area contributed by atoms with Crippen molar-refractivity contribution >= 4 is 12.1 Å². The molecule has 0 bridgehead atoms. The van der Waals surface area contributed by atoms with Gasteiger partial charge in [-0.25, -0.2) is 4.79 Å². The van der Waals surface area contributed by atoms with Gasteiger partial charge in [-0.05, 0) is 24.3 Å². The lowest BCUT2D eigenvalue weighted by Gasteiger charge is -2.25. The van der Waals surface area contributed by atoms with Crippen molar-refractivity contribution in [2.75, 3.05) is 0 Å². The van der Waals surface area contributed by atoms with Crippen LogP contribution in [0.15, 0.2) is 30.3 Å². The molecule has 1 aliphatic rings. The maximum absolute atomic E-state index is 12.0. The molecular weight excluding hydrogens is 282 g/mol. The highest BCUT2D eigenvalue weighted by Crippen LogP contribution is 2.21. The zero-order valence-electron chi connectivity index (χ0n) is 13.1. The lowest BCUT2D eigenvalue weighted by molar-refractivity contribution is -0.142. The van der Waals surface area contributed by atoms with Crippen LogP contribution in [0.25, 0.3) is 0 Å². The SMILES string of the molecule is CC(C)C[C@H](NC(=O)OCc1ccccc1)[C@@H]1CCC(=O)O1. The largest absolute Gasteiger partial charge is 0.460 e. The van der Waals surface area contributed by atoms with E-state index < -0.39 is 6.09 Å². The minimum absolute atomic E-state index is 0.196. The number of ether oxygens (including phenoxy) is 2. The summed E-state index contributed by atoms with van der Waals surface area (Å²) in [5.41, 5.74) is 0.936. The molecule has 0 unspecified atom stereocenters. The van der Waals surface area contributed by atoms with Crippen LogP contribution in [-0.4, -0.2) is 24.2 Å². The van der Waals surface area contributed by atoms with Crippen LogP contribution in [-0.2, 0) is 20.9 Å². The Morgan fingerprint density at radius 2 is 2.09 bits per heavy atom. The third-order valence-corrected chi connectivity index (χ3v) is 3.61. The van der Waals surface area contributed by atoms with Gasteiger partial charge in [0.15, 0.2) is 0 Å². The van der Waals surface area contributed by atoms with Gasteiger partial charge in [0, 0.05) is 6.42 Å². The van der Waals surface area contributed by atoms with E-state index in [-0.39, 0.29) is 24.7 Å². The second-order valence-corrected chi connectivity index (χ2v) is 6.01. The van der Waals surface area contributed by atoms with Crippen LogP contribution < -0.4 is 5.32 Å². The molecule has 0 aromatic heterocycles. The summed E-state index contributed by atoms with van der Waals surface area (Å²) >= 11 is 0. The number of nitrogens with one attached hydrogen (secondary N) is 1. The first-order chi connectivity index (χ1) is 10.5. The molecule has 5 nitrogen and oxygen atoms in total. The van der Waals surface area contributed by atoms with E-state index in [4.69, 9.17) is 9.47 Å². The van der Waals surface area contributed by atoms with Crippen molar-refractivity contribution in [2.45, 2.75) is 51.9 Å². The lowest BCUT2D eigenvalue weighted by atomic mass is 9.98. The summed E-state index contributed by atoms with van der Waals surface area (Å²) in [5, 5.41) is 2.84. The summed E-state index contributed by atoms with van der Waals surface area (Å²) in [6.07, 6.45) is 1.09. The van der Waals surface area contributed by atoms with Crippen molar-refractivity contribution < 1.29 is 19.1 Å². The van der Waals surface area contributed by atoms with Crippen LogP contribution in [0.2, 0.25) is 0 Å². The maximum atomic E-state index is 12.0. The minimum atomic E-state index is -0.475. The van der Waals surface area contributed by atoms with Crippen molar-refractivity contribution in [1.29, 1.82) is 0 Å². The smallest absolute Gasteiger partial charge is 0.407 e. The molecule has 0 saturated carbocycles. The Labute approximate surface area is 131 Å². The molecule has 1 fully saturated rings. The Balaban J connectivity index is 1.86. The Morgan fingerprint density at radius 3 is 2.68 bits per heavy atom. The maximum Gasteiger partial charge on any atom is 0.407 e. The molecule has 1 heterocycles. The van der Waals surface area contributed by atoms with Gasteiger partial charge in [-0.2, -0.15) is 0 Å². The molecule has 120 valence electrons. The molecule has 2 atom stereocenters. The second kappa shape index (κ2) is 7.82. The molecule has 1 N–H and O–H groups in total. The number of rotatable bonds is 6. The predicted molar refractivity (Wildman–Crippen MR) is 82.1 cm³/mol. The van der Waals surface area contributed by atoms with Gasteiger partial charge < -0.3 is 14.8 Å². The van der Waals surface area contributed by atoms with Crippen molar-refractivity contribution in [3.05, 3.63) is 35.9 Å². The first kappa shape index (κ1) is 16.3. The molecule has 1 saturated heterocycles. The van der Waals surface area contributed by atoms with Crippen molar-refractivity contribution in [3.63, 3.8) is 0 Å². The van der Waals surface area contributed by atoms with E-state index in [1.807, 2.05) is 30.3 Å². The number of benzene rings is 1.